The first-order chi connectivity index (χ1) is 9.53. The first-order valence-corrected chi connectivity index (χ1v) is 8.58. The highest BCUT2D eigenvalue weighted by Crippen LogP contribution is 2.34. The van der Waals surface area contributed by atoms with Gasteiger partial charge < -0.3 is 11.1 Å². The monoisotopic (exact) mass is 297 g/mol. The smallest absolute Gasteiger partial charge is 0.242 e. The molecule has 0 amide bonds. The van der Waals surface area contributed by atoms with Crippen molar-refractivity contribution in [3.63, 3.8) is 0 Å². The third kappa shape index (κ3) is 3.13. The van der Waals surface area contributed by atoms with Crippen molar-refractivity contribution < 1.29 is 8.42 Å². The summed E-state index contributed by atoms with van der Waals surface area (Å²) in [6.07, 6.45) is 4.23. The fraction of sp³-hybridized carbons (Fsp3) is 0.571. The number of nitrogens with two attached hydrogens (primary N) is 1. The molecule has 0 radical (unpaired) electrons. The Labute approximate surface area is 121 Å². The van der Waals surface area contributed by atoms with Crippen LogP contribution in [0.3, 0.4) is 0 Å². The maximum Gasteiger partial charge on any atom is 0.242 e. The third-order valence-corrected chi connectivity index (χ3v) is 5.47. The second-order valence-corrected chi connectivity index (χ2v) is 7.05. The van der Waals surface area contributed by atoms with Crippen LogP contribution >= 0.6 is 0 Å². The Morgan fingerprint density at radius 1 is 1.25 bits per heavy atom. The Morgan fingerprint density at radius 3 is 2.50 bits per heavy atom. The van der Waals surface area contributed by atoms with Crippen molar-refractivity contribution in [1.82, 2.24) is 4.72 Å². The largest absolute Gasteiger partial charge is 0.377 e. The lowest BCUT2D eigenvalue weighted by Gasteiger charge is -2.31. The highest BCUT2D eigenvalue weighted by molar-refractivity contribution is 7.89. The molecule has 1 saturated carbocycles. The van der Waals surface area contributed by atoms with Crippen molar-refractivity contribution >= 4 is 15.7 Å². The van der Waals surface area contributed by atoms with Gasteiger partial charge in [0, 0.05) is 18.6 Å². The van der Waals surface area contributed by atoms with Crippen molar-refractivity contribution in [3.05, 3.63) is 24.3 Å². The molecule has 0 spiro atoms. The standard InChI is InChI=1S/C14H23N3O2S/c1-2-16-20(18,19)13-8-4-3-7-12(13)17-14(11-15)9-5-6-10-14/h3-4,7-8,16-17H,2,5-6,9-11,15H2,1H3. The van der Waals surface area contributed by atoms with E-state index in [2.05, 4.69) is 10.0 Å². The molecule has 1 aliphatic carbocycles. The minimum atomic E-state index is -3.47. The van der Waals surface area contributed by atoms with Gasteiger partial charge in [-0.3, -0.25) is 0 Å². The van der Waals surface area contributed by atoms with E-state index in [1.807, 2.05) is 6.07 Å². The van der Waals surface area contributed by atoms with E-state index < -0.39 is 10.0 Å². The molecule has 20 heavy (non-hydrogen) atoms. The maximum absolute atomic E-state index is 12.2. The van der Waals surface area contributed by atoms with E-state index in [1.54, 1.807) is 25.1 Å². The number of rotatable bonds is 6. The average Bonchev–Trinajstić information content (AvgIpc) is 2.88. The van der Waals surface area contributed by atoms with Crippen LogP contribution in [0.25, 0.3) is 0 Å². The van der Waals surface area contributed by atoms with Gasteiger partial charge in [0.1, 0.15) is 4.90 Å². The lowest BCUT2D eigenvalue weighted by atomic mass is 9.97. The zero-order chi connectivity index (χ0) is 14.6. The molecule has 112 valence electrons. The lowest BCUT2D eigenvalue weighted by Crippen LogP contribution is -2.43. The molecular formula is C14H23N3O2S. The second kappa shape index (κ2) is 6.11. The van der Waals surface area contributed by atoms with E-state index in [1.165, 1.54) is 0 Å². The number of benzene rings is 1. The highest BCUT2D eigenvalue weighted by Gasteiger charge is 2.33. The van der Waals surface area contributed by atoms with Crippen LogP contribution in [-0.4, -0.2) is 27.0 Å². The Balaban J connectivity index is 2.33. The molecule has 0 saturated heterocycles. The van der Waals surface area contributed by atoms with Crippen molar-refractivity contribution in [2.75, 3.05) is 18.4 Å². The molecule has 0 bridgehead atoms. The van der Waals surface area contributed by atoms with Gasteiger partial charge in [-0.2, -0.15) is 0 Å². The molecule has 4 N–H and O–H groups in total. The molecule has 0 aromatic heterocycles. The summed E-state index contributed by atoms with van der Waals surface area (Å²) < 4.78 is 27.0. The number of sulfonamides is 1. The molecule has 1 aliphatic rings. The Bertz CT molecular complexity index is 551. The number of para-hydroxylation sites is 1. The van der Waals surface area contributed by atoms with Crippen LogP contribution in [0, 0.1) is 0 Å². The van der Waals surface area contributed by atoms with Crippen LogP contribution in [-0.2, 0) is 10.0 Å². The molecule has 1 fully saturated rings. The zero-order valence-electron chi connectivity index (χ0n) is 11.9. The summed E-state index contributed by atoms with van der Waals surface area (Å²) in [5.41, 5.74) is 6.38. The van der Waals surface area contributed by atoms with Gasteiger partial charge >= 0.3 is 0 Å². The summed E-state index contributed by atoms with van der Waals surface area (Å²) >= 11 is 0. The Morgan fingerprint density at radius 2 is 1.90 bits per heavy atom. The normalized spacial score (nSPS) is 18.1. The number of hydrogen-bond donors (Lipinski definition) is 3. The number of hydrogen-bond acceptors (Lipinski definition) is 4. The van der Waals surface area contributed by atoms with Crippen LogP contribution in [0.5, 0.6) is 0 Å². The predicted molar refractivity (Wildman–Crippen MR) is 81.2 cm³/mol. The highest BCUT2D eigenvalue weighted by atomic mass is 32.2. The van der Waals surface area contributed by atoms with Gasteiger partial charge in [0.2, 0.25) is 10.0 Å². The first kappa shape index (κ1) is 15.3. The van der Waals surface area contributed by atoms with E-state index >= 15 is 0 Å². The summed E-state index contributed by atoms with van der Waals surface area (Å²) in [4.78, 5) is 0.293. The molecule has 2 rings (SSSR count). The molecule has 5 nitrogen and oxygen atoms in total. The quantitative estimate of drug-likeness (QED) is 0.745. The van der Waals surface area contributed by atoms with Crippen LogP contribution in [0.15, 0.2) is 29.2 Å². The molecule has 0 aliphatic heterocycles. The Hall–Kier alpha value is -1.11. The van der Waals surface area contributed by atoms with E-state index in [9.17, 15) is 8.42 Å². The predicted octanol–water partition coefficient (Wildman–Crippen LogP) is 1.67. The van der Waals surface area contributed by atoms with Gasteiger partial charge in [-0.05, 0) is 25.0 Å². The second-order valence-electron chi connectivity index (χ2n) is 5.31. The zero-order valence-corrected chi connectivity index (χ0v) is 12.7. The summed E-state index contributed by atoms with van der Waals surface area (Å²) in [5, 5.41) is 3.39. The van der Waals surface area contributed by atoms with Crippen molar-refractivity contribution in [2.45, 2.75) is 43.0 Å². The molecule has 1 aromatic carbocycles. The van der Waals surface area contributed by atoms with Crippen molar-refractivity contribution in [2.24, 2.45) is 5.73 Å². The molecule has 0 heterocycles. The van der Waals surface area contributed by atoms with Gasteiger partial charge in [0.15, 0.2) is 0 Å². The molecular weight excluding hydrogens is 274 g/mol. The maximum atomic E-state index is 12.2. The summed E-state index contributed by atoms with van der Waals surface area (Å²) in [5.74, 6) is 0. The minimum absolute atomic E-state index is 0.169. The van der Waals surface area contributed by atoms with E-state index in [4.69, 9.17) is 5.73 Å². The van der Waals surface area contributed by atoms with E-state index in [0.29, 0.717) is 23.7 Å². The van der Waals surface area contributed by atoms with Gasteiger partial charge in [-0.25, -0.2) is 13.1 Å². The third-order valence-electron chi connectivity index (χ3n) is 3.86. The number of anilines is 1. The fourth-order valence-electron chi connectivity index (χ4n) is 2.79. The van der Waals surface area contributed by atoms with Crippen LogP contribution in [0.2, 0.25) is 0 Å². The van der Waals surface area contributed by atoms with E-state index in [0.717, 1.165) is 25.7 Å². The molecule has 0 unspecified atom stereocenters. The van der Waals surface area contributed by atoms with Gasteiger partial charge in [-0.1, -0.05) is 31.9 Å². The van der Waals surface area contributed by atoms with Crippen molar-refractivity contribution in [1.29, 1.82) is 0 Å². The Kier molecular flexibility index (Phi) is 4.67. The fourth-order valence-corrected chi connectivity index (χ4v) is 3.99. The number of nitrogens with one attached hydrogen (secondary N) is 2. The van der Waals surface area contributed by atoms with Gasteiger partial charge in [0.05, 0.1) is 5.69 Å². The summed E-state index contributed by atoms with van der Waals surface area (Å²) in [6.45, 7) is 2.66. The van der Waals surface area contributed by atoms with Crippen LogP contribution < -0.4 is 15.8 Å². The average molecular weight is 297 g/mol. The summed E-state index contributed by atoms with van der Waals surface area (Å²) in [7, 11) is -3.47. The van der Waals surface area contributed by atoms with Gasteiger partial charge in [0.25, 0.3) is 0 Å². The molecule has 0 atom stereocenters. The first-order valence-electron chi connectivity index (χ1n) is 7.10. The van der Waals surface area contributed by atoms with E-state index in [-0.39, 0.29) is 5.54 Å². The summed E-state index contributed by atoms with van der Waals surface area (Å²) in [6, 6.07) is 7.01. The van der Waals surface area contributed by atoms with Crippen LogP contribution in [0.4, 0.5) is 5.69 Å². The van der Waals surface area contributed by atoms with Crippen molar-refractivity contribution in [3.8, 4) is 0 Å². The van der Waals surface area contributed by atoms with Crippen LogP contribution in [0.1, 0.15) is 32.6 Å². The molecule has 6 heteroatoms. The van der Waals surface area contributed by atoms with Gasteiger partial charge in [-0.15, -0.1) is 0 Å². The lowest BCUT2D eigenvalue weighted by molar-refractivity contribution is 0.491. The topological polar surface area (TPSA) is 84.2 Å². The molecule has 1 aromatic rings. The minimum Gasteiger partial charge on any atom is -0.377 e. The SMILES string of the molecule is CCNS(=O)(=O)c1ccccc1NC1(CN)CCCC1.